The van der Waals surface area contributed by atoms with Crippen LogP contribution in [0.25, 0.3) is 32.0 Å². The third-order valence-corrected chi connectivity index (χ3v) is 12.2. The number of rotatable bonds is 15. The van der Waals surface area contributed by atoms with Crippen LogP contribution in [-0.4, -0.2) is 99.6 Å². The summed E-state index contributed by atoms with van der Waals surface area (Å²) in [6.45, 7) is 8.51. The van der Waals surface area contributed by atoms with E-state index in [9.17, 15) is 28.8 Å². The Morgan fingerprint density at radius 3 is 2.28 bits per heavy atom. The summed E-state index contributed by atoms with van der Waals surface area (Å²) in [5, 5.41) is 3.40. The maximum absolute atomic E-state index is 13.6. The fourth-order valence-electron chi connectivity index (χ4n) is 7.89. The SMILES string of the molecule is COC(=O)C[C@H](C(=O)N1CCC[C@H]1c1ncc(-c2ccc(-c3nc4ccc(CC(=O)CC(=O)[C@@H]5CCCN5C(=O)[C@@H](NC(=O)OC)C(C)C)cc4s3)cc2)[nH]1)C(C)C. The van der Waals surface area contributed by atoms with Gasteiger partial charge in [-0.05, 0) is 60.8 Å². The Morgan fingerprint density at radius 1 is 0.879 bits per heavy atom. The van der Waals surface area contributed by atoms with Crippen LogP contribution in [0.3, 0.4) is 0 Å². The molecule has 2 fully saturated rings. The molecule has 15 heteroatoms. The molecule has 2 saturated heterocycles. The van der Waals surface area contributed by atoms with Crippen molar-refractivity contribution >= 4 is 57.0 Å². The lowest BCUT2D eigenvalue weighted by Crippen LogP contribution is -2.53. The Kier molecular flexibility index (Phi) is 13.4. The summed E-state index contributed by atoms with van der Waals surface area (Å²) in [4.78, 5) is 93.7. The van der Waals surface area contributed by atoms with Gasteiger partial charge in [-0.1, -0.05) is 58.0 Å². The molecule has 0 spiro atoms. The Balaban J connectivity index is 1.07. The van der Waals surface area contributed by atoms with Gasteiger partial charge in [0.2, 0.25) is 11.8 Å². The number of fused-ring (bicyclic) bond motifs is 1. The zero-order chi connectivity index (χ0) is 41.7. The largest absolute Gasteiger partial charge is 0.469 e. The highest BCUT2D eigenvalue weighted by Crippen LogP contribution is 2.36. The fourth-order valence-corrected chi connectivity index (χ4v) is 8.93. The summed E-state index contributed by atoms with van der Waals surface area (Å²) < 4.78 is 10.5. The average molecular weight is 813 g/mol. The number of benzene rings is 2. The van der Waals surface area contributed by atoms with E-state index in [2.05, 4.69) is 20.0 Å². The molecular formula is C43H52N6O8S. The van der Waals surface area contributed by atoms with Crippen molar-refractivity contribution in [2.24, 2.45) is 17.8 Å². The lowest BCUT2D eigenvalue weighted by Gasteiger charge is -2.30. The molecule has 0 bridgehead atoms. The second-order valence-corrected chi connectivity index (χ2v) is 16.8. The van der Waals surface area contributed by atoms with Crippen LogP contribution in [0, 0.1) is 17.8 Å². The highest BCUT2D eigenvalue weighted by atomic mass is 32.1. The van der Waals surface area contributed by atoms with Gasteiger partial charge in [0, 0.05) is 25.1 Å². The zero-order valence-corrected chi connectivity index (χ0v) is 34.7. The van der Waals surface area contributed by atoms with Crippen LogP contribution in [-0.2, 0) is 39.9 Å². The number of nitrogens with zero attached hydrogens (tertiary/aromatic N) is 4. The first-order valence-corrected chi connectivity index (χ1v) is 20.7. The second-order valence-electron chi connectivity index (χ2n) is 15.8. The first-order valence-electron chi connectivity index (χ1n) is 19.9. The van der Waals surface area contributed by atoms with Crippen LogP contribution in [0.5, 0.6) is 0 Å². The van der Waals surface area contributed by atoms with Gasteiger partial charge in [0.1, 0.15) is 22.7 Å². The number of imidazole rings is 1. The average Bonchev–Trinajstić information content (AvgIpc) is 4.04. The molecule has 4 atom stereocenters. The van der Waals surface area contributed by atoms with Crippen LogP contribution >= 0.6 is 11.3 Å². The highest BCUT2D eigenvalue weighted by Gasteiger charge is 2.40. The van der Waals surface area contributed by atoms with Crippen molar-refractivity contribution in [2.75, 3.05) is 27.3 Å². The number of ketones is 2. The van der Waals surface area contributed by atoms with Gasteiger partial charge in [-0.25, -0.2) is 14.8 Å². The van der Waals surface area contributed by atoms with Crippen molar-refractivity contribution in [3.8, 4) is 21.8 Å². The van der Waals surface area contributed by atoms with Gasteiger partial charge in [-0.3, -0.25) is 24.0 Å². The number of hydrogen-bond donors (Lipinski definition) is 2. The molecule has 2 N–H and O–H groups in total. The van der Waals surface area contributed by atoms with E-state index in [4.69, 9.17) is 9.72 Å². The number of hydrogen-bond acceptors (Lipinski definition) is 11. The molecule has 2 aromatic heterocycles. The van der Waals surface area contributed by atoms with Crippen molar-refractivity contribution in [2.45, 2.75) is 90.8 Å². The number of esters is 1. The summed E-state index contributed by atoms with van der Waals surface area (Å²) in [7, 11) is 2.57. The van der Waals surface area contributed by atoms with Crippen molar-refractivity contribution in [1.82, 2.24) is 30.1 Å². The smallest absolute Gasteiger partial charge is 0.407 e. The third kappa shape index (κ3) is 9.46. The number of carbonyl (C=O) groups is 6. The van der Waals surface area contributed by atoms with E-state index >= 15 is 0 Å². The second kappa shape index (κ2) is 18.4. The number of aromatic amines is 1. The molecule has 4 aromatic rings. The van der Waals surface area contributed by atoms with Crippen LogP contribution < -0.4 is 5.32 Å². The van der Waals surface area contributed by atoms with Crippen LogP contribution in [0.2, 0.25) is 0 Å². The minimum atomic E-state index is -0.839. The molecule has 0 saturated carbocycles. The Hall–Kier alpha value is -5.44. The van der Waals surface area contributed by atoms with E-state index in [0.717, 1.165) is 56.3 Å². The molecule has 2 aliphatic heterocycles. The number of alkyl carbamates (subject to hydrolysis) is 1. The van der Waals surface area contributed by atoms with Gasteiger partial charge < -0.3 is 29.6 Å². The molecule has 0 unspecified atom stereocenters. The molecule has 2 aliphatic rings. The number of ether oxygens (including phenoxy) is 2. The molecule has 0 aliphatic carbocycles. The van der Waals surface area contributed by atoms with E-state index in [1.807, 2.05) is 75.1 Å². The van der Waals surface area contributed by atoms with Gasteiger partial charge >= 0.3 is 12.1 Å². The number of aromatic nitrogens is 3. The predicted molar refractivity (Wildman–Crippen MR) is 219 cm³/mol. The van der Waals surface area contributed by atoms with Crippen LogP contribution in [0.4, 0.5) is 4.79 Å². The third-order valence-electron chi connectivity index (χ3n) is 11.2. The van der Waals surface area contributed by atoms with Gasteiger partial charge in [0.05, 0.1) is 67.2 Å². The number of amides is 3. The fraction of sp³-hybridized carbons (Fsp3) is 0.488. The first kappa shape index (κ1) is 42.2. The maximum atomic E-state index is 13.6. The lowest BCUT2D eigenvalue weighted by atomic mass is 9.91. The van der Waals surface area contributed by atoms with Gasteiger partial charge in [-0.2, -0.15) is 0 Å². The topological polar surface area (TPSA) is 181 Å². The van der Waals surface area contributed by atoms with Crippen LogP contribution in [0.15, 0.2) is 48.7 Å². The quantitative estimate of drug-likeness (QED) is 0.102. The summed E-state index contributed by atoms with van der Waals surface area (Å²) in [5.74, 6) is -1.30. The van der Waals surface area contributed by atoms with E-state index in [1.165, 1.54) is 30.5 Å². The van der Waals surface area contributed by atoms with Crippen molar-refractivity contribution in [3.63, 3.8) is 0 Å². The number of nitrogens with one attached hydrogen (secondary N) is 2. The normalized spacial score (nSPS) is 17.8. The van der Waals surface area contributed by atoms with Gasteiger partial charge in [0.25, 0.3) is 0 Å². The van der Waals surface area contributed by atoms with E-state index in [0.29, 0.717) is 25.9 Å². The lowest BCUT2D eigenvalue weighted by molar-refractivity contribution is -0.148. The molecule has 6 rings (SSSR count). The monoisotopic (exact) mass is 812 g/mol. The van der Waals surface area contributed by atoms with Crippen molar-refractivity contribution in [3.05, 3.63) is 60.0 Å². The van der Waals surface area contributed by atoms with E-state index in [-0.39, 0.29) is 60.5 Å². The molecule has 4 heterocycles. The predicted octanol–water partition coefficient (Wildman–Crippen LogP) is 6.29. The minimum Gasteiger partial charge on any atom is -0.469 e. The number of likely N-dealkylation sites (tertiary alicyclic amines) is 2. The first-order chi connectivity index (χ1) is 27.8. The van der Waals surface area contributed by atoms with Gasteiger partial charge in [0.15, 0.2) is 5.78 Å². The zero-order valence-electron chi connectivity index (χ0n) is 33.9. The number of methoxy groups -OCH3 is 2. The van der Waals surface area contributed by atoms with Gasteiger partial charge in [-0.15, -0.1) is 11.3 Å². The van der Waals surface area contributed by atoms with E-state index < -0.39 is 30.1 Å². The summed E-state index contributed by atoms with van der Waals surface area (Å²) in [5.41, 5.74) is 4.27. The molecule has 2 aromatic carbocycles. The molecule has 14 nitrogen and oxygen atoms in total. The standard InChI is InChI=1S/C43H52N6O8S/c1-24(2)30(22-37(52)56-5)41(53)49-18-8-10-34(49)39-44-23-32(45-39)27-12-14-28(15-13-27)40-46-31-16-11-26(20-36(31)58-40)19-29(50)21-35(51)33-9-7-17-48(33)42(54)38(25(3)4)47-43(55)57-6/h11-16,20,23-25,30,33-34,38H,7-10,17-19,21-22H2,1-6H3,(H,44,45)(H,47,55)/t30-,33-,34-,38-/m0/s1. The summed E-state index contributed by atoms with van der Waals surface area (Å²) >= 11 is 1.52. The molecule has 58 heavy (non-hydrogen) atoms. The number of carbonyl (C=O) groups excluding carboxylic acids is 6. The summed E-state index contributed by atoms with van der Waals surface area (Å²) in [6.07, 6.45) is 3.66. The molecule has 3 amide bonds. The summed E-state index contributed by atoms with van der Waals surface area (Å²) in [6, 6.07) is 11.9. The number of thiazole rings is 1. The van der Waals surface area contributed by atoms with Crippen molar-refractivity contribution in [1.29, 1.82) is 0 Å². The van der Waals surface area contributed by atoms with E-state index in [1.54, 1.807) is 6.20 Å². The number of H-pyrrole nitrogens is 1. The number of Topliss-reactive ketones (excluding diaryl/α,β-unsaturated/α-hetero) is 2. The minimum absolute atomic E-state index is 0.0132. The highest BCUT2D eigenvalue weighted by molar-refractivity contribution is 7.21. The van der Waals surface area contributed by atoms with Crippen molar-refractivity contribution < 1.29 is 38.2 Å². The molecular weight excluding hydrogens is 761 g/mol. The Labute approximate surface area is 342 Å². The molecule has 308 valence electrons. The maximum Gasteiger partial charge on any atom is 0.407 e. The Bertz CT molecular complexity index is 2160. The Morgan fingerprint density at radius 2 is 1.59 bits per heavy atom. The van der Waals surface area contributed by atoms with Crippen LogP contribution in [0.1, 0.15) is 83.6 Å². The molecule has 0 radical (unpaired) electrons.